The van der Waals surface area contributed by atoms with E-state index in [1.165, 1.54) is 4.90 Å². The summed E-state index contributed by atoms with van der Waals surface area (Å²) in [5, 5.41) is 2.73. The van der Waals surface area contributed by atoms with Crippen LogP contribution in [0, 0.1) is 0 Å². The molecule has 0 unspecified atom stereocenters. The molecule has 27 heavy (non-hydrogen) atoms. The molecule has 1 aliphatic carbocycles. The Labute approximate surface area is 157 Å². The van der Waals surface area contributed by atoms with Crippen LogP contribution in [0.25, 0.3) is 0 Å². The lowest BCUT2D eigenvalue weighted by Gasteiger charge is -2.30. The van der Waals surface area contributed by atoms with Gasteiger partial charge in [-0.3, -0.25) is 19.3 Å². The Kier molecular flexibility index (Phi) is 5.43. The smallest absolute Gasteiger partial charge is 0.326 e. The van der Waals surface area contributed by atoms with E-state index in [0.29, 0.717) is 18.5 Å². The molecule has 2 aliphatic rings. The number of nitrogens with one attached hydrogen (secondary N) is 1. The highest BCUT2D eigenvalue weighted by Crippen LogP contribution is 2.33. The van der Waals surface area contributed by atoms with E-state index in [0.717, 1.165) is 24.2 Å². The summed E-state index contributed by atoms with van der Waals surface area (Å²) in [6, 6.07) is 8.37. The first-order valence-corrected chi connectivity index (χ1v) is 9.04. The van der Waals surface area contributed by atoms with Crippen molar-refractivity contribution >= 4 is 29.5 Å². The summed E-state index contributed by atoms with van der Waals surface area (Å²) < 4.78 is 4.98. The fourth-order valence-corrected chi connectivity index (χ4v) is 3.52. The molecule has 0 radical (unpaired) electrons. The van der Waals surface area contributed by atoms with Crippen molar-refractivity contribution in [3.05, 3.63) is 30.3 Å². The molecule has 2 fully saturated rings. The lowest BCUT2D eigenvalue weighted by molar-refractivity contribution is -0.150. The number of ether oxygens (including phenoxy) is 1. The second-order valence-electron chi connectivity index (χ2n) is 6.91. The number of urea groups is 1. The average molecular weight is 373 g/mol. The van der Waals surface area contributed by atoms with Gasteiger partial charge in [-0.1, -0.05) is 37.5 Å². The number of rotatable bonds is 5. The van der Waals surface area contributed by atoms with Crippen LogP contribution < -0.4 is 10.2 Å². The Morgan fingerprint density at radius 1 is 1.15 bits per heavy atom. The van der Waals surface area contributed by atoms with Crippen molar-refractivity contribution < 1.29 is 23.9 Å². The van der Waals surface area contributed by atoms with Gasteiger partial charge in [0.15, 0.2) is 6.61 Å². The molecule has 1 saturated heterocycles. The largest absolute Gasteiger partial charge is 0.454 e. The van der Waals surface area contributed by atoms with Gasteiger partial charge in [0.05, 0.1) is 0 Å². The molecule has 8 nitrogen and oxygen atoms in total. The van der Waals surface area contributed by atoms with Gasteiger partial charge in [-0.15, -0.1) is 0 Å². The van der Waals surface area contributed by atoms with Gasteiger partial charge < -0.3 is 15.0 Å². The molecule has 1 aromatic carbocycles. The maximum atomic E-state index is 12.6. The molecule has 1 N–H and O–H groups in total. The van der Waals surface area contributed by atoms with Crippen LogP contribution in [0.5, 0.6) is 0 Å². The van der Waals surface area contributed by atoms with Gasteiger partial charge in [0.2, 0.25) is 0 Å². The molecule has 4 amide bonds. The summed E-state index contributed by atoms with van der Waals surface area (Å²) in [6.45, 7) is -0.951. The van der Waals surface area contributed by atoms with Crippen molar-refractivity contribution in [1.29, 1.82) is 0 Å². The number of anilines is 1. The van der Waals surface area contributed by atoms with Gasteiger partial charge in [0.1, 0.15) is 12.1 Å². The Morgan fingerprint density at radius 3 is 2.48 bits per heavy atom. The molecule has 1 aromatic rings. The summed E-state index contributed by atoms with van der Waals surface area (Å²) in [4.78, 5) is 51.2. The zero-order valence-electron chi connectivity index (χ0n) is 15.3. The van der Waals surface area contributed by atoms with E-state index < -0.39 is 36.6 Å². The number of imide groups is 1. The molecule has 1 saturated carbocycles. The van der Waals surface area contributed by atoms with E-state index in [1.807, 2.05) is 6.07 Å². The maximum absolute atomic E-state index is 12.6. The number of carbonyl (C=O) groups excluding carboxylic acids is 4. The summed E-state index contributed by atoms with van der Waals surface area (Å²) in [5.74, 6) is -1.58. The van der Waals surface area contributed by atoms with Gasteiger partial charge in [0, 0.05) is 12.7 Å². The molecular formula is C19H23N3O5. The van der Waals surface area contributed by atoms with Gasteiger partial charge >= 0.3 is 12.0 Å². The minimum Gasteiger partial charge on any atom is -0.454 e. The standard InChI is InChI=1S/C19H23N3O5/c1-21(14-8-4-2-5-9-14)15(23)13-27-16(24)12-22-17(25)19(20-18(22)26)10-6-3-7-11-19/h2,4-5,8-9H,3,6-7,10-13H2,1H3,(H,20,26). The third-order valence-electron chi connectivity index (χ3n) is 5.11. The van der Waals surface area contributed by atoms with Gasteiger partial charge in [-0.05, 0) is 25.0 Å². The summed E-state index contributed by atoms with van der Waals surface area (Å²) in [6.07, 6.45) is 3.94. The van der Waals surface area contributed by atoms with E-state index in [9.17, 15) is 19.2 Å². The normalized spacial score (nSPS) is 18.3. The van der Waals surface area contributed by atoms with E-state index in [4.69, 9.17) is 4.74 Å². The van der Waals surface area contributed by atoms with Crippen LogP contribution in [0.2, 0.25) is 0 Å². The quantitative estimate of drug-likeness (QED) is 0.622. The van der Waals surface area contributed by atoms with Crippen molar-refractivity contribution in [2.24, 2.45) is 0 Å². The molecule has 1 spiro atoms. The molecule has 8 heteroatoms. The third kappa shape index (κ3) is 3.94. The number of para-hydroxylation sites is 1. The van der Waals surface area contributed by atoms with Crippen LogP contribution >= 0.6 is 0 Å². The Balaban J connectivity index is 1.52. The maximum Gasteiger partial charge on any atom is 0.326 e. The number of amides is 4. The Bertz CT molecular complexity index is 743. The number of hydrogen-bond acceptors (Lipinski definition) is 5. The minimum atomic E-state index is -0.876. The number of likely N-dealkylation sites (N-methyl/N-ethyl adjacent to an activating group) is 1. The lowest BCUT2D eigenvalue weighted by Crippen LogP contribution is -2.48. The summed E-state index contributed by atoms with van der Waals surface area (Å²) in [7, 11) is 1.58. The lowest BCUT2D eigenvalue weighted by atomic mass is 9.82. The second kappa shape index (κ2) is 7.77. The Morgan fingerprint density at radius 2 is 1.81 bits per heavy atom. The first-order valence-electron chi connectivity index (χ1n) is 9.04. The van der Waals surface area contributed by atoms with Crippen molar-refractivity contribution in [2.75, 3.05) is 25.1 Å². The van der Waals surface area contributed by atoms with Crippen LogP contribution in [-0.2, 0) is 19.1 Å². The molecule has 144 valence electrons. The predicted molar refractivity (Wildman–Crippen MR) is 96.9 cm³/mol. The molecule has 0 bridgehead atoms. The highest BCUT2D eigenvalue weighted by atomic mass is 16.5. The fourth-order valence-electron chi connectivity index (χ4n) is 3.52. The SMILES string of the molecule is CN(C(=O)COC(=O)CN1C(=O)NC2(CCCCC2)C1=O)c1ccccc1. The second-order valence-corrected chi connectivity index (χ2v) is 6.91. The highest BCUT2D eigenvalue weighted by Gasteiger charge is 2.51. The fraction of sp³-hybridized carbons (Fsp3) is 0.474. The van der Waals surface area contributed by atoms with Gasteiger partial charge in [-0.25, -0.2) is 4.79 Å². The number of benzene rings is 1. The van der Waals surface area contributed by atoms with Crippen LogP contribution in [0.3, 0.4) is 0 Å². The zero-order chi connectivity index (χ0) is 19.4. The van der Waals surface area contributed by atoms with Crippen LogP contribution in [-0.4, -0.2) is 54.5 Å². The van der Waals surface area contributed by atoms with E-state index in [-0.39, 0.29) is 5.91 Å². The first-order chi connectivity index (χ1) is 12.9. The molecule has 0 atom stereocenters. The highest BCUT2D eigenvalue weighted by molar-refractivity contribution is 6.08. The third-order valence-corrected chi connectivity index (χ3v) is 5.11. The van der Waals surface area contributed by atoms with Crippen molar-refractivity contribution in [1.82, 2.24) is 10.2 Å². The van der Waals surface area contributed by atoms with Crippen molar-refractivity contribution in [2.45, 2.75) is 37.6 Å². The zero-order valence-corrected chi connectivity index (χ0v) is 15.3. The average Bonchev–Trinajstić information content (AvgIpc) is 2.90. The molecule has 1 aliphatic heterocycles. The van der Waals surface area contributed by atoms with Crippen molar-refractivity contribution in [3.63, 3.8) is 0 Å². The topological polar surface area (TPSA) is 96.0 Å². The first kappa shape index (κ1) is 18.9. The molecular weight excluding hydrogens is 350 g/mol. The predicted octanol–water partition coefficient (Wildman–Crippen LogP) is 1.45. The van der Waals surface area contributed by atoms with Crippen LogP contribution in [0.15, 0.2) is 30.3 Å². The van der Waals surface area contributed by atoms with E-state index >= 15 is 0 Å². The van der Waals surface area contributed by atoms with Crippen LogP contribution in [0.4, 0.5) is 10.5 Å². The van der Waals surface area contributed by atoms with E-state index in [1.54, 1.807) is 31.3 Å². The molecule has 1 heterocycles. The number of carbonyl (C=O) groups is 4. The van der Waals surface area contributed by atoms with Gasteiger partial charge in [-0.2, -0.15) is 0 Å². The summed E-state index contributed by atoms with van der Waals surface area (Å²) >= 11 is 0. The number of esters is 1. The number of hydrogen-bond donors (Lipinski definition) is 1. The Hall–Kier alpha value is -2.90. The van der Waals surface area contributed by atoms with Crippen molar-refractivity contribution in [3.8, 4) is 0 Å². The van der Waals surface area contributed by atoms with Crippen LogP contribution in [0.1, 0.15) is 32.1 Å². The molecule has 0 aromatic heterocycles. The molecule has 3 rings (SSSR count). The minimum absolute atomic E-state index is 0.378. The monoisotopic (exact) mass is 373 g/mol. The summed E-state index contributed by atoms with van der Waals surface area (Å²) in [5.41, 5.74) is -0.203. The number of nitrogens with zero attached hydrogens (tertiary/aromatic N) is 2. The van der Waals surface area contributed by atoms with E-state index in [2.05, 4.69) is 5.32 Å². The van der Waals surface area contributed by atoms with Gasteiger partial charge in [0.25, 0.3) is 11.8 Å².